The summed E-state index contributed by atoms with van der Waals surface area (Å²) in [6.45, 7) is 5.85. The van der Waals surface area contributed by atoms with E-state index in [9.17, 15) is 9.59 Å². The van der Waals surface area contributed by atoms with Crippen molar-refractivity contribution in [3.63, 3.8) is 0 Å². The molecule has 0 N–H and O–H groups in total. The number of esters is 1. The first kappa shape index (κ1) is 26.1. The number of carbonyl (C=O) groups excluding carboxylic acids is 1. The lowest BCUT2D eigenvalue weighted by atomic mass is 10.1. The molecule has 34 heavy (non-hydrogen) atoms. The maximum absolute atomic E-state index is 13.3. The van der Waals surface area contributed by atoms with E-state index in [0.717, 1.165) is 14.5 Å². The van der Waals surface area contributed by atoms with Crippen molar-refractivity contribution < 1.29 is 19.0 Å². The Bertz CT molecular complexity index is 1290. The van der Waals surface area contributed by atoms with Gasteiger partial charge in [0.05, 0.1) is 34.4 Å². The first-order valence-electron chi connectivity index (χ1n) is 10.7. The van der Waals surface area contributed by atoms with Crippen LogP contribution in [0.25, 0.3) is 10.9 Å². The van der Waals surface area contributed by atoms with Crippen molar-refractivity contribution in [3.8, 4) is 11.5 Å². The van der Waals surface area contributed by atoms with Crippen LogP contribution in [-0.2, 0) is 9.53 Å². The lowest BCUT2D eigenvalue weighted by molar-refractivity contribution is -0.145. The van der Waals surface area contributed by atoms with Gasteiger partial charge in [0, 0.05) is 10.4 Å². The third kappa shape index (κ3) is 5.96. The van der Waals surface area contributed by atoms with Gasteiger partial charge in [-0.2, -0.15) is 9.78 Å². The summed E-state index contributed by atoms with van der Waals surface area (Å²) in [5.74, 6) is 1.04. The summed E-state index contributed by atoms with van der Waals surface area (Å²) in [5.41, 5.74) is 1.09. The van der Waals surface area contributed by atoms with E-state index in [2.05, 4.69) is 43.6 Å². The molecule has 2 aromatic carbocycles. The maximum Gasteiger partial charge on any atom is 0.344 e. The fourth-order valence-electron chi connectivity index (χ4n) is 3.19. The van der Waals surface area contributed by atoms with Crippen LogP contribution in [0.4, 0.5) is 0 Å². The molecule has 3 aromatic rings. The molecule has 3 rings (SSSR count). The zero-order valence-corrected chi connectivity index (χ0v) is 23.0. The van der Waals surface area contributed by atoms with E-state index in [4.69, 9.17) is 19.2 Å². The van der Waals surface area contributed by atoms with Gasteiger partial charge in [-0.25, -0.2) is 9.78 Å². The van der Waals surface area contributed by atoms with E-state index in [1.807, 2.05) is 32.0 Å². The van der Waals surface area contributed by atoms with Crippen molar-refractivity contribution in [2.24, 2.45) is 5.10 Å². The van der Waals surface area contributed by atoms with E-state index in [-0.39, 0.29) is 24.7 Å². The lowest BCUT2D eigenvalue weighted by Crippen LogP contribution is -2.23. The lowest BCUT2D eigenvalue weighted by Gasteiger charge is -2.14. The number of methoxy groups -OCH3 is 1. The second kappa shape index (κ2) is 11.8. The summed E-state index contributed by atoms with van der Waals surface area (Å²) in [5, 5.41) is 4.98. The van der Waals surface area contributed by atoms with E-state index >= 15 is 0 Å². The normalized spacial score (nSPS) is 12.2. The fraction of sp³-hybridized carbons (Fsp3) is 0.333. The van der Waals surface area contributed by atoms with Gasteiger partial charge in [-0.1, -0.05) is 29.8 Å². The van der Waals surface area contributed by atoms with Gasteiger partial charge in [0.1, 0.15) is 5.82 Å². The Kier molecular flexibility index (Phi) is 9.06. The van der Waals surface area contributed by atoms with Gasteiger partial charge in [0.25, 0.3) is 5.56 Å². The Hall–Kier alpha value is -2.47. The predicted molar refractivity (Wildman–Crippen MR) is 143 cm³/mol. The highest BCUT2D eigenvalue weighted by molar-refractivity contribution is 14.1. The van der Waals surface area contributed by atoms with Crippen molar-refractivity contribution in [1.29, 1.82) is 0 Å². The van der Waals surface area contributed by atoms with Gasteiger partial charge in [-0.05, 0) is 71.8 Å². The standard InChI is InChI=1S/C24H25BrIN3O5/c1-5-14(3)23-28-19-8-7-16(25)11-17(19)24(31)29(23)27-12-15-9-18(26)22(20(10-15)32-4)34-13-21(30)33-6-2/h7-12,14H,5-6,13H2,1-4H3/t14-/m1/s1. The van der Waals surface area contributed by atoms with E-state index in [0.29, 0.717) is 33.8 Å². The third-order valence-electron chi connectivity index (χ3n) is 5.10. The van der Waals surface area contributed by atoms with Crippen LogP contribution in [0, 0.1) is 3.57 Å². The molecule has 0 amide bonds. The summed E-state index contributed by atoms with van der Waals surface area (Å²) >= 11 is 5.52. The number of ether oxygens (including phenoxy) is 3. The Balaban J connectivity index is 2.02. The molecular formula is C24H25BrIN3O5. The first-order chi connectivity index (χ1) is 16.3. The van der Waals surface area contributed by atoms with Crippen molar-refractivity contribution in [1.82, 2.24) is 9.66 Å². The Labute approximate surface area is 219 Å². The predicted octanol–water partition coefficient (Wildman–Crippen LogP) is 5.11. The molecule has 0 bridgehead atoms. The average Bonchev–Trinajstić information content (AvgIpc) is 2.82. The summed E-state index contributed by atoms with van der Waals surface area (Å²) < 4.78 is 18.8. The maximum atomic E-state index is 13.3. The minimum absolute atomic E-state index is 0.0335. The molecule has 0 saturated carbocycles. The van der Waals surface area contributed by atoms with Crippen molar-refractivity contribution in [2.45, 2.75) is 33.1 Å². The van der Waals surface area contributed by atoms with Crippen LogP contribution < -0.4 is 15.0 Å². The molecule has 1 atom stereocenters. The Morgan fingerprint density at radius 3 is 2.74 bits per heavy atom. The summed E-state index contributed by atoms with van der Waals surface area (Å²) in [6, 6.07) is 8.99. The summed E-state index contributed by atoms with van der Waals surface area (Å²) in [4.78, 5) is 29.7. The number of halogens is 2. The molecule has 0 fully saturated rings. The number of hydrogen-bond acceptors (Lipinski definition) is 7. The van der Waals surface area contributed by atoms with Crippen molar-refractivity contribution in [2.75, 3.05) is 20.3 Å². The number of fused-ring (bicyclic) bond motifs is 1. The number of benzene rings is 2. The minimum atomic E-state index is -0.460. The largest absolute Gasteiger partial charge is 0.493 e. The zero-order chi connectivity index (χ0) is 24.8. The number of carbonyl (C=O) groups is 1. The smallest absolute Gasteiger partial charge is 0.344 e. The average molecular weight is 642 g/mol. The third-order valence-corrected chi connectivity index (χ3v) is 6.39. The minimum Gasteiger partial charge on any atom is -0.493 e. The second-order valence-electron chi connectivity index (χ2n) is 7.43. The number of aromatic nitrogens is 2. The van der Waals surface area contributed by atoms with Crippen LogP contribution in [0.15, 0.2) is 44.7 Å². The number of rotatable bonds is 9. The van der Waals surface area contributed by atoms with Gasteiger partial charge in [0.2, 0.25) is 0 Å². The second-order valence-corrected chi connectivity index (χ2v) is 9.51. The van der Waals surface area contributed by atoms with Crippen LogP contribution in [0.5, 0.6) is 11.5 Å². The molecule has 0 saturated heterocycles. The molecule has 1 aromatic heterocycles. The molecule has 1 heterocycles. The molecule has 0 unspecified atom stereocenters. The van der Waals surface area contributed by atoms with E-state index in [1.54, 1.807) is 25.3 Å². The molecule has 0 radical (unpaired) electrons. The van der Waals surface area contributed by atoms with Gasteiger partial charge in [-0.15, -0.1) is 0 Å². The Morgan fingerprint density at radius 2 is 2.06 bits per heavy atom. The number of hydrogen-bond donors (Lipinski definition) is 0. The SMILES string of the molecule is CCOC(=O)COc1c(I)cc(C=Nn2c([C@H](C)CC)nc3ccc(Br)cc3c2=O)cc1OC. The van der Waals surface area contributed by atoms with Crippen LogP contribution >= 0.6 is 38.5 Å². The molecule has 10 heteroatoms. The monoisotopic (exact) mass is 641 g/mol. The van der Waals surface area contributed by atoms with E-state index in [1.165, 1.54) is 11.8 Å². The van der Waals surface area contributed by atoms with Gasteiger partial charge in [0.15, 0.2) is 18.1 Å². The molecule has 180 valence electrons. The van der Waals surface area contributed by atoms with Gasteiger partial charge in [-0.3, -0.25) is 4.79 Å². The van der Waals surface area contributed by atoms with Crippen molar-refractivity contribution >= 4 is 61.6 Å². The quantitative estimate of drug-likeness (QED) is 0.183. The van der Waals surface area contributed by atoms with E-state index < -0.39 is 5.97 Å². The molecule has 8 nitrogen and oxygen atoms in total. The van der Waals surface area contributed by atoms with Crippen LogP contribution in [-0.4, -0.2) is 42.2 Å². The van der Waals surface area contributed by atoms with Crippen LogP contribution in [0.3, 0.4) is 0 Å². The van der Waals surface area contributed by atoms with Gasteiger partial charge >= 0.3 is 5.97 Å². The molecule has 0 aliphatic heterocycles. The van der Waals surface area contributed by atoms with Crippen LogP contribution in [0.2, 0.25) is 0 Å². The molecule has 0 aliphatic rings. The molecular weight excluding hydrogens is 617 g/mol. The summed E-state index contributed by atoms with van der Waals surface area (Å²) in [7, 11) is 1.51. The highest BCUT2D eigenvalue weighted by atomic mass is 127. The topological polar surface area (TPSA) is 92.0 Å². The number of nitrogens with zero attached hydrogens (tertiary/aromatic N) is 3. The Morgan fingerprint density at radius 1 is 1.29 bits per heavy atom. The highest BCUT2D eigenvalue weighted by Crippen LogP contribution is 2.33. The van der Waals surface area contributed by atoms with Crippen molar-refractivity contribution in [3.05, 3.63) is 60.1 Å². The first-order valence-corrected chi connectivity index (χ1v) is 12.6. The van der Waals surface area contributed by atoms with Gasteiger partial charge < -0.3 is 14.2 Å². The zero-order valence-electron chi connectivity index (χ0n) is 19.3. The highest BCUT2D eigenvalue weighted by Gasteiger charge is 2.17. The fourth-order valence-corrected chi connectivity index (χ4v) is 4.33. The van der Waals surface area contributed by atoms with Crippen LogP contribution in [0.1, 0.15) is 44.5 Å². The summed E-state index contributed by atoms with van der Waals surface area (Å²) in [6.07, 6.45) is 2.39. The molecule has 0 spiro atoms. The molecule has 0 aliphatic carbocycles.